The molecule has 98 valence electrons. The molecule has 0 amide bonds. The number of rotatable bonds is 5. The van der Waals surface area contributed by atoms with Gasteiger partial charge in [0.25, 0.3) is 0 Å². The lowest BCUT2D eigenvalue weighted by atomic mass is 10.1. The molecule has 2 heterocycles. The van der Waals surface area contributed by atoms with E-state index in [2.05, 4.69) is 26.4 Å². The highest BCUT2D eigenvalue weighted by Gasteiger charge is 2.13. The lowest BCUT2D eigenvalue weighted by Gasteiger charge is -2.00. The Balaban J connectivity index is 2.09. The number of aromatic nitrogens is 4. The van der Waals surface area contributed by atoms with Gasteiger partial charge in [-0.1, -0.05) is 12.1 Å². The van der Waals surface area contributed by atoms with Gasteiger partial charge in [-0.2, -0.15) is 10.2 Å². The first-order valence-electron chi connectivity index (χ1n) is 5.80. The summed E-state index contributed by atoms with van der Waals surface area (Å²) in [4.78, 5) is 4.23. The molecule has 0 radical (unpaired) electrons. The average molecular weight is 259 g/mol. The highest BCUT2D eigenvalue weighted by Crippen LogP contribution is 2.16. The molecule has 1 unspecified atom stereocenters. The van der Waals surface area contributed by atoms with Crippen LogP contribution in [0.4, 0.5) is 0 Å². The molecule has 2 aromatic rings. The number of nitriles is 1. The molecule has 0 saturated heterocycles. The van der Waals surface area contributed by atoms with Crippen LogP contribution in [-0.4, -0.2) is 27.4 Å². The van der Waals surface area contributed by atoms with Crippen LogP contribution in [0.5, 0.6) is 5.88 Å². The highest BCUT2D eigenvalue weighted by molar-refractivity contribution is 5.47. The molecule has 1 atom stereocenters. The van der Waals surface area contributed by atoms with Crippen molar-refractivity contribution < 1.29 is 9.26 Å². The van der Waals surface area contributed by atoms with Gasteiger partial charge in [-0.15, -0.1) is 10.2 Å². The summed E-state index contributed by atoms with van der Waals surface area (Å²) in [5, 5.41) is 20.2. The van der Waals surface area contributed by atoms with Gasteiger partial charge >= 0.3 is 0 Å². The molecule has 0 saturated carbocycles. The molecule has 0 spiro atoms. The van der Waals surface area contributed by atoms with Gasteiger partial charge in [0.1, 0.15) is 5.69 Å². The molecular formula is C12H13N5O2. The molecule has 2 aromatic heterocycles. The van der Waals surface area contributed by atoms with Crippen molar-refractivity contribution in [3.63, 3.8) is 0 Å². The molecule has 2 rings (SSSR count). The fraction of sp³-hybridized carbons (Fsp3) is 0.417. The van der Waals surface area contributed by atoms with E-state index in [1.54, 1.807) is 12.1 Å². The van der Waals surface area contributed by atoms with Crippen molar-refractivity contribution in [1.82, 2.24) is 20.3 Å². The van der Waals surface area contributed by atoms with Crippen LogP contribution in [0.15, 0.2) is 16.7 Å². The van der Waals surface area contributed by atoms with E-state index < -0.39 is 0 Å². The molecule has 0 aromatic carbocycles. The molecule has 0 aliphatic rings. The van der Waals surface area contributed by atoms with Crippen molar-refractivity contribution in [2.45, 2.75) is 19.8 Å². The third-order valence-corrected chi connectivity index (χ3v) is 2.51. The summed E-state index contributed by atoms with van der Waals surface area (Å²) in [6, 6.07) is 5.50. The zero-order valence-corrected chi connectivity index (χ0v) is 10.7. The number of hydrogen-bond acceptors (Lipinski definition) is 7. The normalized spacial score (nSPS) is 11.8. The third kappa shape index (κ3) is 3.25. The van der Waals surface area contributed by atoms with E-state index in [-0.39, 0.29) is 5.92 Å². The van der Waals surface area contributed by atoms with Crippen molar-refractivity contribution in [3.8, 4) is 23.5 Å². The molecule has 7 nitrogen and oxygen atoms in total. The van der Waals surface area contributed by atoms with Gasteiger partial charge in [0.15, 0.2) is 0 Å². The zero-order valence-electron chi connectivity index (χ0n) is 10.7. The molecule has 0 fully saturated rings. The average Bonchev–Trinajstić information content (AvgIpc) is 2.87. The van der Waals surface area contributed by atoms with E-state index >= 15 is 0 Å². The first-order chi connectivity index (χ1) is 9.22. The minimum Gasteiger partial charge on any atom is -0.480 e. The number of ether oxygens (including phenoxy) is 1. The summed E-state index contributed by atoms with van der Waals surface area (Å²) in [6.07, 6.45) is 1.03. The minimum atomic E-state index is 0.181. The maximum Gasteiger partial charge on any atom is 0.233 e. The molecular weight excluding hydrogens is 246 g/mol. The molecule has 0 bridgehead atoms. The quantitative estimate of drug-likeness (QED) is 0.804. The lowest BCUT2D eigenvalue weighted by molar-refractivity contribution is 0.359. The Morgan fingerprint density at radius 1 is 1.42 bits per heavy atom. The van der Waals surface area contributed by atoms with Crippen LogP contribution in [0.1, 0.15) is 19.2 Å². The molecule has 0 N–H and O–H groups in total. The van der Waals surface area contributed by atoms with Gasteiger partial charge in [-0.3, -0.25) is 0 Å². The van der Waals surface area contributed by atoms with Gasteiger partial charge in [-0.25, -0.2) is 0 Å². The minimum absolute atomic E-state index is 0.181. The lowest BCUT2D eigenvalue weighted by Crippen LogP contribution is -1.99. The third-order valence-electron chi connectivity index (χ3n) is 2.51. The largest absolute Gasteiger partial charge is 0.480 e. The SMILES string of the molecule is COc1ccc(-c2noc(CC(C)CC#N)n2)nn1. The Morgan fingerprint density at radius 2 is 2.26 bits per heavy atom. The van der Waals surface area contributed by atoms with Crippen molar-refractivity contribution >= 4 is 0 Å². The van der Waals surface area contributed by atoms with E-state index in [9.17, 15) is 0 Å². The fourth-order valence-electron chi connectivity index (χ4n) is 1.52. The summed E-state index contributed by atoms with van der Waals surface area (Å²) in [6.45, 7) is 1.96. The van der Waals surface area contributed by atoms with Crippen LogP contribution < -0.4 is 4.74 Å². The second kappa shape index (κ2) is 5.91. The summed E-state index contributed by atoms with van der Waals surface area (Å²) in [5.41, 5.74) is 0.517. The summed E-state index contributed by atoms with van der Waals surface area (Å²) in [5.74, 6) is 1.49. The maximum atomic E-state index is 8.60. The first-order valence-corrected chi connectivity index (χ1v) is 5.80. The van der Waals surface area contributed by atoms with Crippen molar-refractivity contribution in [2.75, 3.05) is 7.11 Å². The predicted octanol–water partition coefficient (Wildman–Crippen LogP) is 1.63. The standard InChI is InChI=1S/C12H13N5O2/c1-8(5-6-13)7-11-14-12(17-19-11)9-3-4-10(18-2)16-15-9/h3-4,8H,5,7H2,1-2H3. The van der Waals surface area contributed by atoms with Crippen molar-refractivity contribution in [2.24, 2.45) is 5.92 Å². The zero-order chi connectivity index (χ0) is 13.7. The second-order valence-electron chi connectivity index (χ2n) is 4.14. The van der Waals surface area contributed by atoms with Gasteiger partial charge < -0.3 is 9.26 Å². The Labute approximate surface area is 110 Å². The van der Waals surface area contributed by atoms with Crippen LogP contribution in [0.2, 0.25) is 0 Å². The van der Waals surface area contributed by atoms with Crippen LogP contribution >= 0.6 is 0 Å². The van der Waals surface area contributed by atoms with Crippen LogP contribution in [0.25, 0.3) is 11.5 Å². The van der Waals surface area contributed by atoms with E-state index in [1.807, 2.05) is 6.92 Å². The molecule has 0 aliphatic carbocycles. The van der Waals surface area contributed by atoms with Crippen LogP contribution in [0.3, 0.4) is 0 Å². The van der Waals surface area contributed by atoms with Crippen molar-refractivity contribution in [3.05, 3.63) is 18.0 Å². The van der Waals surface area contributed by atoms with Gasteiger partial charge in [0.2, 0.25) is 17.6 Å². The van der Waals surface area contributed by atoms with E-state index in [0.29, 0.717) is 36.1 Å². The smallest absolute Gasteiger partial charge is 0.233 e. The van der Waals surface area contributed by atoms with Gasteiger partial charge in [0, 0.05) is 18.9 Å². The molecule has 0 aliphatic heterocycles. The van der Waals surface area contributed by atoms with Crippen LogP contribution in [0, 0.1) is 17.2 Å². The second-order valence-corrected chi connectivity index (χ2v) is 4.14. The number of nitrogens with zero attached hydrogens (tertiary/aromatic N) is 5. The predicted molar refractivity (Wildman–Crippen MR) is 65.0 cm³/mol. The number of hydrogen-bond donors (Lipinski definition) is 0. The molecule has 7 heteroatoms. The first kappa shape index (κ1) is 13.0. The topological polar surface area (TPSA) is 97.7 Å². The fourth-order valence-corrected chi connectivity index (χ4v) is 1.52. The van der Waals surface area contributed by atoms with Crippen molar-refractivity contribution in [1.29, 1.82) is 5.26 Å². The Hall–Kier alpha value is -2.49. The maximum absolute atomic E-state index is 8.60. The monoisotopic (exact) mass is 259 g/mol. The van der Waals surface area contributed by atoms with Crippen LogP contribution in [-0.2, 0) is 6.42 Å². The van der Waals surface area contributed by atoms with E-state index in [1.165, 1.54) is 7.11 Å². The summed E-state index contributed by atoms with van der Waals surface area (Å²) >= 11 is 0. The highest BCUT2D eigenvalue weighted by atomic mass is 16.5. The Kier molecular flexibility index (Phi) is 4.03. The summed E-state index contributed by atoms with van der Waals surface area (Å²) < 4.78 is 10.0. The van der Waals surface area contributed by atoms with E-state index in [0.717, 1.165) is 0 Å². The van der Waals surface area contributed by atoms with E-state index in [4.69, 9.17) is 14.5 Å². The summed E-state index contributed by atoms with van der Waals surface area (Å²) in [7, 11) is 1.52. The Bertz CT molecular complexity index is 573. The Morgan fingerprint density at radius 3 is 2.89 bits per heavy atom. The van der Waals surface area contributed by atoms with Gasteiger partial charge in [-0.05, 0) is 12.0 Å². The number of methoxy groups -OCH3 is 1. The molecule has 19 heavy (non-hydrogen) atoms. The van der Waals surface area contributed by atoms with Gasteiger partial charge in [0.05, 0.1) is 13.2 Å².